The van der Waals surface area contributed by atoms with Gasteiger partial charge in [-0.1, -0.05) is 26.0 Å². The van der Waals surface area contributed by atoms with Gasteiger partial charge in [-0.2, -0.15) is 13.2 Å². The molecule has 0 spiro atoms. The number of hydrogen-bond donors (Lipinski definition) is 1. The van der Waals surface area contributed by atoms with Crippen LogP contribution in [0.3, 0.4) is 0 Å². The van der Waals surface area contributed by atoms with Gasteiger partial charge in [-0.15, -0.1) is 0 Å². The highest BCUT2D eigenvalue weighted by atomic mass is 19.4. The van der Waals surface area contributed by atoms with E-state index in [0.29, 0.717) is 30.2 Å². The Morgan fingerprint density at radius 2 is 1.90 bits per heavy atom. The first-order valence-corrected chi connectivity index (χ1v) is 9.36. The van der Waals surface area contributed by atoms with E-state index in [0.717, 1.165) is 0 Å². The van der Waals surface area contributed by atoms with E-state index in [1.807, 2.05) is 18.7 Å². The van der Waals surface area contributed by atoms with Gasteiger partial charge in [0.2, 0.25) is 0 Å². The van der Waals surface area contributed by atoms with E-state index < -0.39 is 23.9 Å². The Kier molecular flexibility index (Phi) is 6.04. The third-order valence-electron chi connectivity index (χ3n) is 4.98. The molecule has 0 saturated carbocycles. The number of carbonyl (C=O) groups is 1. The van der Waals surface area contributed by atoms with Crippen molar-refractivity contribution in [1.29, 1.82) is 0 Å². The second-order valence-electron chi connectivity index (χ2n) is 7.40. The lowest BCUT2D eigenvalue weighted by Gasteiger charge is -2.40. The van der Waals surface area contributed by atoms with E-state index in [1.54, 1.807) is 24.4 Å². The van der Waals surface area contributed by atoms with Gasteiger partial charge >= 0.3 is 12.1 Å². The van der Waals surface area contributed by atoms with Gasteiger partial charge in [0, 0.05) is 31.1 Å². The number of carbonyl (C=O) groups excluding carboxylic acids is 1. The summed E-state index contributed by atoms with van der Waals surface area (Å²) >= 11 is 0. The smallest absolute Gasteiger partial charge is 0.354 e. The molecule has 1 amide bonds. The summed E-state index contributed by atoms with van der Waals surface area (Å²) in [6.07, 6.45) is -2.88. The van der Waals surface area contributed by atoms with Crippen LogP contribution in [-0.4, -0.2) is 41.2 Å². The van der Waals surface area contributed by atoms with Crippen LogP contribution in [-0.2, 0) is 4.79 Å². The quantitative estimate of drug-likeness (QED) is 0.780. The molecule has 2 unspecified atom stereocenters. The first kappa shape index (κ1) is 21.0. The van der Waals surface area contributed by atoms with Gasteiger partial charge in [0.05, 0.1) is 6.04 Å². The zero-order chi connectivity index (χ0) is 21.2. The number of benzene rings is 1. The summed E-state index contributed by atoms with van der Waals surface area (Å²) in [5.41, 5.74) is 0.684. The highest BCUT2D eigenvalue weighted by molar-refractivity contribution is 5.82. The maximum atomic E-state index is 13.3. The summed E-state index contributed by atoms with van der Waals surface area (Å²) in [6, 6.07) is 6.52. The number of alkyl halides is 3. The van der Waals surface area contributed by atoms with Crippen LogP contribution in [0, 0.1) is 5.82 Å². The standard InChI is InChI=1S/C20H22F4N4O/c1-12(2)18-25-9-7-17(27-18)28-10-8-15(13-3-5-14(21)6-4-13)16(11-28)26-19(29)20(22,23)24/h3-7,9,12,15-16H,8,10-11H2,1-2H3,(H,26,29). The molecule has 0 aliphatic carbocycles. The Bertz CT molecular complexity index is 854. The summed E-state index contributed by atoms with van der Waals surface area (Å²) in [5, 5.41) is 2.12. The average Bonchev–Trinajstić information content (AvgIpc) is 2.68. The number of anilines is 1. The third-order valence-corrected chi connectivity index (χ3v) is 4.98. The minimum absolute atomic E-state index is 0.104. The number of amides is 1. The van der Waals surface area contributed by atoms with Crippen LogP contribution in [0.2, 0.25) is 0 Å². The van der Waals surface area contributed by atoms with Crippen molar-refractivity contribution in [1.82, 2.24) is 15.3 Å². The monoisotopic (exact) mass is 410 g/mol. The molecule has 2 aromatic rings. The molecule has 29 heavy (non-hydrogen) atoms. The number of piperidine rings is 1. The molecule has 5 nitrogen and oxygen atoms in total. The molecule has 1 aliphatic rings. The van der Waals surface area contributed by atoms with Gasteiger partial charge in [-0.3, -0.25) is 4.79 Å². The maximum absolute atomic E-state index is 13.3. The predicted octanol–water partition coefficient (Wildman–Crippen LogP) is 3.78. The van der Waals surface area contributed by atoms with E-state index in [-0.39, 0.29) is 18.4 Å². The topological polar surface area (TPSA) is 58.1 Å². The van der Waals surface area contributed by atoms with Crippen LogP contribution in [0.4, 0.5) is 23.4 Å². The highest BCUT2D eigenvalue weighted by Gasteiger charge is 2.42. The SMILES string of the molecule is CC(C)c1nccc(N2CCC(c3ccc(F)cc3)C(NC(=O)C(F)(F)F)C2)n1. The van der Waals surface area contributed by atoms with Crippen molar-refractivity contribution in [2.24, 2.45) is 0 Å². The zero-order valence-corrected chi connectivity index (χ0v) is 16.1. The Hall–Kier alpha value is -2.71. The molecule has 1 N–H and O–H groups in total. The number of nitrogens with zero attached hydrogens (tertiary/aromatic N) is 3. The molecule has 0 radical (unpaired) electrons. The van der Waals surface area contributed by atoms with Crippen LogP contribution < -0.4 is 10.2 Å². The molecule has 2 atom stereocenters. The molecule has 1 aliphatic heterocycles. The third kappa shape index (κ3) is 5.02. The fourth-order valence-corrected chi connectivity index (χ4v) is 3.48. The Morgan fingerprint density at radius 3 is 2.52 bits per heavy atom. The molecule has 156 valence electrons. The van der Waals surface area contributed by atoms with Crippen LogP contribution in [0.1, 0.15) is 43.5 Å². The predicted molar refractivity (Wildman–Crippen MR) is 100 cm³/mol. The first-order chi connectivity index (χ1) is 13.6. The van der Waals surface area contributed by atoms with Crippen molar-refractivity contribution < 1.29 is 22.4 Å². The normalized spacial score (nSPS) is 20.0. The van der Waals surface area contributed by atoms with Gasteiger partial charge in [0.1, 0.15) is 17.5 Å². The van der Waals surface area contributed by atoms with Gasteiger partial charge in [-0.25, -0.2) is 14.4 Å². The minimum Gasteiger partial charge on any atom is -0.354 e. The highest BCUT2D eigenvalue weighted by Crippen LogP contribution is 2.31. The van der Waals surface area contributed by atoms with E-state index in [2.05, 4.69) is 15.3 Å². The molecular weight excluding hydrogens is 388 g/mol. The van der Waals surface area contributed by atoms with E-state index in [4.69, 9.17) is 0 Å². The second kappa shape index (κ2) is 8.34. The fraction of sp³-hybridized carbons (Fsp3) is 0.450. The van der Waals surface area contributed by atoms with Gasteiger partial charge in [0.25, 0.3) is 0 Å². The summed E-state index contributed by atoms with van der Waals surface area (Å²) in [7, 11) is 0. The number of rotatable bonds is 4. The molecule has 2 heterocycles. The lowest BCUT2D eigenvalue weighted by molar-refractivity contribution is -0.174. The lowest BCUT2D eigenvalue weighted by Crippen LogP contribution is -2.54. The van der Waals surface area contributed by atoms with Crippen LogP contribution in [0.5, 0.6) is 0 Å². The number of halogens is 4. The van der Waals surface area contributed by atoms with E-state index in [1.165, 1.54) is 12.1 Å². The van der Waals surface area contributed by atoms with E-state index >= 15 is 0 Å². The summed E-state index contributed by atoms with van der Waals surface area (Å²) in [6.45, 7) is 4.59. The van der Waals surface area contributed by atoms with Crippen molar-refractivity contribution in [3.63, 3.8) is 0 Å². The van der Waals surface area contributed by atoms with Crippen molar-refractivity contribution in [2.75, 3.05) is 18.0 Å². The van der Waals surface area contributed by atoms with Crippen LogP contribution >= 0.6 is 0 Å². The number of hydrogen-bond acceptors (Lipinski definition) is 4. The maximum Gasteiger partial charge on any atom is 0.471 e. The fourth-order valence-electron chi connectivity index (χ4n) is 3.48. The second-order valence-corrected chi connectivity index (χ2v) is 7.40. The first-order valence-electron chi connectivity index (χ1n) is 9.36. The van der Waals surface area contributed by atoms with Gasteiger partial charge in [-0.05, 0) is 30.2 Å². The summed E-state index contributed by atoms with van der Waals surface area (Å²) in [5.74, 6) is -1.44. The number of nitrogens with one attached hydrogen (secondary N) is 1. The molecule has 1 saturated heterocycles. The Balaban J connectivity index is 1.86. The minimum atomic E-state index is -4.98. The Labute approximate surface area is 166 Å². The zero-order valence-electron chi connectivity index (χ0n) is 16.1. The van der Waals surface area contributed by atoms with Crippen molar-refractivity contribution in [2.45, 2.75) is 44.3 Å². The van der Waals surface area contributed by atoms with Crippen molar-refractivity contribution >= 4 is 11.7 Å². The molecular formula is C20H22F4N4O. The summed E-state index contributed by atoms with van der Waals surface area (Å²) < 4.78 is 51.8. The van der Waals surface area contributed by atoms with Crippen LogP contribution in [0.25, 0.3) is 0 Å². The molecule has 1 aromatic heterocycles. The Morgan fingerprint density at radius 1 is 1.21 bits per heavy atom. The van der Waals surface area contributed by atoms with Crippen molar-refractivity contribution in [3.05, 3.63) is 53.7 Å². The largest absolute Gasteiger partial charge is 0.471 e. The molecule has 9 heteroatoms. The molecule has 1 fully saturated rings. The van der Waals surface area contributed by atoms with Gasteiger partial charge in [0.15, 0.2) is 0 Å². The average molecular weight is 410 g/mol. The summed E-state index contributed by atoms with van der Waals surface area (Å²) in [4.78, 5) is 22.2. The number of aromatic nitrogens is 2. The van der Waals surface area contributed by atoms with E-state index in [9.17, 15) is 22.4 Å². The lowest BCUT2D eigenvalue weighted by atomic mass is 9.85. The molecule has 1 aromatic carbocycles. The van der Waals surface area contributed by atoms with Gasteiger partial charge < -0.3 is 10.2 Å². The van der Waals surface area contributed by atoms with Crippen LogP contribution in [0.15, 0.2) is 36.5 Å². The molecule has 3 rings (SSSR count). The van der Waals surface area contributed by atoms with Crippen molar-refractivity contribution in [3.8, 4) is 0 Å². The molecule has 0 bridgehead atoms.